The molecule has 1 aliphatic carbocycles. The molecule has 0 spiro atoms. The highest BCUT2D eigenvalue weighted by molar-refractivity contribution is 5.62. The van der Waals surface area contributed by atoms with E-state index >= 15 is 0 Å². The van der Waals surface area contributed by atoms with E-state index in [0.717, 1.165) is 36.3 Å². The average molecular weight is 339 g/mol. The van der Waals surface area contributed by atoms with Crippen LogP contribution in [0.2, 0.25) is 0 Å². The Balaban J connectivity index is 1.67. The van der Waals surface area contributed by atoms with E-state index in [1.54, 1.807) is 6.33 Å². The van der Waals surface area contributed by atoms with Crippen molar-refractivity contribution in [3.63, 3.8) is 0 Å². The first-order valence-corrected chi connectivity index (χ1v) is 9.37. The topological polar surface area (TPSA) is 75.0 Å². The Morgan fingerprint density at radius 2 is 1.96 bits per heavy atom. The maximum atomic E-state index is 9.58. The van der Waals surface area contributed by atoms with Gasteiger partial charge in [0.15, 0.2) is 0 Å². The summed E-state index contributed by atoms with van der Waals surface area (Å²) < 4.78 is 0. The molecule has 1 atom stereocenters. The molecule has 1 N–H and O–H groups in total. The summed E-state index contributed by atoms with van der Waals surface area (Å²) in [5, 5.41) is 9.58. The summed E-state index contributed by atoms with van der Waals surface area (Å²) in [6.45, 7) is 1.05. The summed E-state index contributed by atoms with van der Waals surface area (Å²) in [5.74, 6) is 1.20. The molecular weight excluding hydrogens is 314 g/mol. The zero-order valence-electron chi connectivity index (χ0n) is 14.5. The van der Waals surface area contributed by atoms with Crippen molar-refractivity contribution in [1.82, 2.24) is 19.9 Å². The van der Waals surface area contributed by atoms with Crippen molar-refractivity contribution in [2.75, 3.05) is 18.1 Å². The molecule has 1 aliphatic heterocycles. The standard InChI is InChI=1S/C19H25N5O/c25-12-15-7-4-10-24(15)19-21-9-8-17(23-19)16-11-20-13-22-18(16)14-5-2-1-3-6-14/h8-9,11,13-15,25H,1-7,10,12H2/t15-/m1/s1. The summed E-state index contributed by atoms with van der Waals surface area (Å²) in [7, 11) is 0. The smallest absolute Gasteiger partial charge is 0.226 e. The van der Waals surface area contributed by atoms with Crippen LogP contribution < -0.4 is 4.90 Å². The lowest BCUT2D eigenvalue weighted by Gasteiger charge is -2.24. The monoisotopic (exact) mass is 339 g/mol. The summed E-state index contributed by atoms with van der Waals surface area (Å²) in [6.07, 6.45) is 13.7. The Morgan fingerprint density at radius 3 is 2.80 bits per heavy atom. The highest BCUT2D eigenvalue weighted by Gasteiger charge is 2.27. The number of anilines is 1. The van der Waals surface area contributed by atoms with Crippen LogP contribution in [0.3, 0.4) is 0 Å². The van der Waals surface area contributed by atoms with Crippen LogP contribution in [0.15, 0.2) is 24.8 Å². The van der Waals surface area contributed by atoms with Crippen LogP contribution in [-0.2, 0) is 0 Å². The molecule has 2 aromatic rings. The molecule has 25 heavy (non-hydrogen) atoms. The van der Waals surface area contributed by atoms with Crippen molar-refractivity contribution in [2.45, 2.75) is 56.9 Å². The second kappa shape index (κ2) is 7.44. The average Bonchev–Trinajstić information content (AvgIpc) is 3.18. The van der Waals surface area contributed by atoms with Gasteiger partial charge in [-0.1, -0.05) is 19.3 Å². The van der Waals surface area contributed by atoms with Gasteiger partial charge in [0, 0.05) is 30.4 Å². The minimum absolute atomic E-state index is 0.125. The molecule has 0 amide bonds. The van der Waals surface area contributed by atoms with E-state index in [1.165, 1.54) is 32.1 Å². The number of rotatable bonds is 4. The lowest BCUT2D eigenvalue weighted by Crippen LogP contribution is -2.33. The molecule has 0 aromatic carbocycles. The Kier molecular flexibility index (Phi) is 4.88. The van der Waals surface area contributed by atoms with Crippen LogP contribution in [0, 0.1) is 0 Å². The third kappa shape index (κ3) is 3.35. The maximum Gasteiger partial charge on any atom is 0.226 e. The van der Waals surface area contributed by atoms with Gasteiger partial charge in [-0.15, -0.1) is 0 Å². The molecule has 3 heterocycles. The first-order chi connectivity index (χ1) is 12.4. The fourth-order valence-corrected chi connectivity index (χ4v) is 4.16. The fourth-order valence-electron chi connectivity index (χ4n) is 4.16. The summed E-state index contributed by atoms with van der Waals surface area (Å²) in [4.78, 5) is 20.2. The van der Waals surface area contributed by atoms with Gasteiger partial charge in [-0.2, -0.15) is 0 Å². The third-order valence-electron chi connectivity index (χ3n) is 5.50. The molecule has 1 saturated heterocycles. The molecule has 0 bridgehead atoms. The van der Waals surface area contributed by atoms with Crippen LogP contribution in [0.25, 0.3) is 11.3 Å². The third-order valence-corrected chi connectivity index (χ3v) is 5.50. The Hall–Kier alpha value is -2.08. The lowest BCUT2D eigenvalue weighted by molar-refractivity contribution is 0.265. The first kappa shape index (κ1) is 16.4. The molecule has 6 nitrogen and oxygen atoms in total. The minimum Gasteiger partial charge on any atom is -0.394 e. The van der Waals surface area contributed by atoms with E-state index in [-0.39, 0.29) is 12.6 Å². The fraction of sp³-hybridized carbons (Fsp3) is 0.579. The Bertz CT molecular complexity index is 716. The van der Waals surface area contributed by atoms with Gasteiger partial charge in [-0.25, -0.2) is 19.9 Å². The number of hydrogen-bond donors (Lipinski definition) is 1. The molecule has 4 rings (SSSR count). The zero-order valence-corrected chi connectivity index (χ0v) is 14.5. The van der Waals surface area contributed by atoms with Gasteiger partial charge >= 0.3 is 0 Å². The van der Waals surface area contributed by atoms with E-state index in [4.69, 9.17) is 4.98 Å². The molecule has 132 valence electrons. The molecule has 2 aliphatic rings. The predicted molar refractivity (Wildman–Crippen MR) is 96.3 cm³/mol. The molecular formula is C19H25N5O. The first-order valence-electron chi connectivity index (χ1n) is 9.37. The van der Waals surface area contributed by atoms with Crippen LogP contribution in [0.5, 0.6) is 0 Å². The summed E-state index contributed by atoms with van der Waals surface area (Å²) >= 11 is 0. The lowest BCUT2D eigenvalue weighted by atomic mass is 9.85. The minimum atomic E-state index is 0.125. The number of aliphatic hydroxyl groups excluding tert-OH is 1. The number of aliphatic hydroxyl groups is 1. The van der Waals surface area contributed by atoms with Crippen LogP contribution in [0.1, 0.15) is 56.6 Å². The molecule has 0 unspecified atom stereocenters. The highest BCUT2D eigenvalue weighted by atomic mass is 16.3. The zero-order chi connectivity index (χ0) is 17.1. The van der Waals surface area contributed by atoms with Crippen molar-refractivity contribution in [1.29, 1.82) is 0 Å². The van der Waals surface area contributed by atoms with Gasteiger partial charge in [0.1, 0.15) is 6.33 Å². The second-order valence-corrected chi connectivity index (χ2v) is 7.07. The van der Waals surface area contributed by atoms with Crippen molar-refractivity contribution in [2.24, 2.45) is 0 Å². The van der Waals surface area contributed by atoms with Crippen molar-refractivity contribution < 1.29 is 5.11 Å². The van der Waals surface area contributed by atoms with E-state index in [0.29, 0.717) is 11.9 Å². The quantitative estimate of drug-likeness (QED) is 0.923. The van der Waals surface area contributed by atoms with Gasteiger partial charge in [0.25, 0.3) is 0 Å². The SMILES string of the molecule is OC[C@H]1CCCN1c1nccc(-c2cncnc2C2CCCCC2)n1. The predicted octanol–water partition coefficient (Wildman–Crippen LogP) is 2.94. The van der Waals surface area contributed by atoms with E-state index in [9.17, 15) is 5.11 Å². The Morgan fingerprint density at radius 1 is 1.08 bits per heavy atom. The van der Waals surface area contributed by atoms with Crippen molar-refractivity contribution in [3.05, 3.63) is 30.5 Å². The maximum absolute atomic E-state index is 9.58. The van der Waals surface area contributed by atoms with E-state index < -0.39 is 0 Å². The second-order valence-electron chi connectivity index (χ2n) is 7.07. The van der Waals surface area contributed by atoms with Gasteiger partial charge in [0.2, 0.25) is 5.95 Å². The van der Waals surface area contributed by atoms with Crippen molar-refractivity contribution in [3.8, 4) is 11.3 Å². The normalized spacial score (nSPS) is 21.6. The molecule has 6 heteroatoms. The van der Waals surface area contributed by atoms with Gasteiger partial charge in [-0.3, -0.25) is 0 Å². The molecule has 2 aromatic heterocycles. The molecule has 1 saturated carbocycles. The largest absolute Gasteiger partial charge is 0.394 e. The highest BCUT2D eigenvalue weighted by Crippen LogP contribution is 2.36. The van der Waals surface area contributed by atoms with E-state index in [2.05, 4.69) is 19.9 Å². The summed E-state index contributed by atoms with van der Waals surface area (Å²) in [6, 6.07) is 2.07. The number of hydrogen-bond acceptors (Lipinski definition) is 6. The van der Waals surface area contributed by atoms with Crippen molar-refractivity contribution >= 4 is 5.95 Å². The van der Waals surface area contributed by atoms with Crippen LogP contribution >= 0.6 is 0 Å². The summed E-state index contributed by atoms with van der Waals surface area (Å²) in [5.41, 5.74) is 3.03. The molecule has 2 fully saturated rings. The molecule has 0 radical (unpaired) electrons. The van der Waals surface area contributed by atoms with E-state index in [1.807, 2.05) is 18.5 Å². The van der Waals surface area contributed by atoms with Gasteiger partial charge < -0.3 is 10.0 Å². The van der Waals surface area contributed by atoms with Crippen LogP contribution in [-0.4, -0.2) is 44.2 Å². The van der Waals surface area contributed by atoms with Gasteiger partial charge in [0.05, 0.1) is 24.0 Å². The van der Waals surface area contributed by atoms with Gasteiger partial charge in [-0.05, 0) is 31.7 Å². The number of nitrogens with zero attached hydrogens (tertiary/aromatic N) is 5. The number of aromatic nitrogens is 4. The Labute approximate surface area is 148 Å². The van der Waals surface area contributed by atoms with Crippen LogP contribution in [0.4, 0.5) is 5.95 Å².